The van der Waals surface area contributed by atoms with Crippen LogP contribution in [0.1, 0.15) is 45.9 Å². The van der Waals surface area contributed by atoms with Crippen LogP contribution in [-0.4, -0.2) is 20.0 Å². The summed E-state index contributed by atoms with van der Waals surface area (Å²) >= 11 is 1.54. The number of fused-ring (bicyclic) bond motifs is 1. The fraction of sp³-hybridized carbons (Fsp3) is 0.250. The maximum Gasteiger partial charge on any atom is 0.281 e. The molecule has 3 aromatic rings. The quantitative estimate of drug-likeness (QED) is 0.402. The molecule has 0 bridgehead atoms. The fourth-order valence-corrected chi connectivity index (χ4v) is 5.99. The molecule has 0 saturated heterocycles. The van der Waals surface area contributed by atoms with Crippen molar-refractivity contribution in [3.8, 4) is 0 Å². The zero-order valence-corrected chi connectivity index (χ0v) is 19.6. The number of carbonyl (C=O) groups excluding carboxylic acids is 1. The van der Waals surface area contributed by atoms with E-state index in [2.05, 4.69) is 22.2 Å². The molecule has 1 aromatic heterocycles. The van der Waals surface area contributed by atoms with Crippen LogP contribution in [0.15, 0.2) is 70.7 Å². The molecule has 6 nitrogen and oxygen atoms in total. The van der Waals surface area contributed by atoms with E-state index in [1.54, 1.807) is 54.7 Å². The molecular weight excluding hydrogens is 442 g/mol. The van der Waals surface area contributed by atoms with Crippen LogP contribution in [0.3, 0.4) is 0 Å². The Morgan fingerprint density at radius 1 is 1.09 bits per heavy atom. The average molecular weight is 468 g/mol. The molecule has 166 valence electrons. The second-order valence-electron chi connectivity index (χ2n) is 8.04. The Bertz CT molecular complexity index is 1260. The second kappa shape index (κ2) is 9.26. The minimum Gasteiger partial charge on any atom is -0.280 e. The third kappa shape index (κ3) is 5.08. The maximum absolute atomic E-state index is 12.6. The lowest BCUT2D eigenvalue weighted by atomic mass is 9.90. The highest BCUT2D eigenvalue weighted by Crippen LogP contribution is 2.32. The van der Waals surface area contributed by atoms with E-state index in [0.717, 1.165) is 19.3 Å². The normalized spacial score (nSPS) is 16.3. The Morgan fingerprint density at radius 2 is 1.88 bits per heavy atom. The van der Waals surface area contributed by atoms with Crippen molar-refractivity contribution in [2.24, 2.45) is 11.0 Å². The van der Waals surface area contributed by atoms with Gasteiger partial charge in [0.25, 0.3) is 15.9 Å². The van der Waals surface area contributed by atoms with Crippen molar-refractivity contribution in [3.63, 3.8) is 0 Å². The van der Waals surface area contributed by atoms with E-state index in [-0.39, 0.29) is 10.8 Å². The van der Waals surface area contributed by atoms with E-state index < -0.39 is 10.0 Å². The monoisotopic (exact) mass is 467 g/mol. The first kappa shape index (κ1) is 22.2. The molecule has 0 fully saturated rings. The van der Waals surface area contributed by atoms with Gasteiger partial charge in [0.1, 0.15) is 0 Å². The molecular formula is C24H25N3O3S2. The molecule has 1 aliphatic carbocycles. The van der Waals surface area contributed by atoms with Crippen molar-refractivity contribution in [1.29, 1.82) is 0 Å². The average Bonchev–Trinajstić information content (AvgIpc) is 3.21. The number of hydrogen-bond donors (Lipinski definition) is 2. The lowest BCUT2D eigenvalue weighted by Gasteiger charge is -2.16. The summed E-state index contributed by atoms with van der Waals surface area (Å²) in [5, 5.41) is 4.23. The number of aryl methyl sites for hydroxylation is 1. The molecule has 0 aliphatic heterocycles. The highest BCUT2D eigenvalue weighted by molar-refractivity contribution is 7.92. The predicted octanol–water partition coefficient (Wildman–Crippen LogP) is 4.83. The van der Waals surface area contributed by atoms with Crippen molar-refractivity contribution >= 4 is 38.7 Å². The summed E-state index contributed by atoms with van der Waals surface area (Å²) in [6.45, 7) is 4.01. The minimum atomic E-state index is -3.68. The number of hydrogen-bond acceptors (Lipinski definition) is 5. The Kier molecular flexibility index (Phi) is 6.43. The molecule has 0 spiro atoms. The number of sulfonamides is 1. The summed E-state index contributed by atoms with van der Waals surface area (Å²) in [4.78, 5) is 14.8. The minimum absolute atomic E-state index is 0.191. The summed E-state index contributed by atoms with van der Waals surface area (Å²) in [5.74, 6) is 0.432. The first-order valence-electron chi connectivity index (χ1n) is 10.5. The van der Waals surface area contributed by atoms with Gasteiger partial charge in [-0.15, -0.1) is 11.3 Å². The molecule has 1 amide bonds. The van der Waals surface area contributed by atoms with E-state index in [4.69, 9.17) is 0 Å². The number of amides is 1. The first-order chi connectivity index (χ1) is 15.3. The topological polar surface area (TPSA) is 87.6 Å². The third-order valence-electron chi connectivity index (χ3n) is 5.47. The van der Waals surface area contributed by atoms with Crippen molar-refractivity contribution in [1.82, 2.24) is 5.43 Å². The van der Waals surface area contributed by atoms with Crippen LogP contribution in [-0.2, 0) is 22.9 Å². The number of rotatable bonds is 6. The van der Waals surface area contributed by atoms with Gasteiger partial charge in [-0.3, -0.25) is 9.52 Å². The molecule has 0 saturated carbocycles. The van der Waals surface area contributed by atoms with E-state index in [9.17, 15) is 13.2 Å². The molecule has 2 N–H and O–H groups in total. The first-order valence-corrected chi connectivity index (χ1v) is 12.8. The number of anilines is 1. The van der Waals surface area contributed by atoms with Gasteiger partial charge < -0.3 is 0 Å². The van der Waals surface area contributed by atoms with Gasteiger partial charge in [-0.1, -0.05) is 37.3 Å². The Hall–Kier alpha value is -2.97. The van der Waals surface area contributed by atoms with E-state index >= 15 is 0 Å². The maximum atomic E-state index is 12.6. The van der Waals surface area contributed by atoms with Gasteiger partial charge in [0.2, 0.25) is 0 Å². The van der Waals surface area contributed by atoms with Crippen LogP contribution in [0.25, 0.3) is 0 Å². The third-order valence-corrected chi connectivity index (χ3v) is 8.07. The highest BCUT2D eigenvalue weighted by Gasteiger charge is 2.20. The molecule has 8 heteroatoms. The van der Waals surface area contributed by atoms with Crippen LogP contribution in [0, 0.1) is 5.92 Å². The fourth-order valence-electron chi connectivity index (χ4n) is 3.66. The number of benzene rings is 2. The molecule has 1 unspecified atom stereocenters. The van der Waals surface area contributed by atoms with E-state index in [0.29, 0.717) is 27.8 Å². The van der Waals surface area contributed by atoms with Crippen LogP contribution in [0.4, 0.5) is 5.69 Å². The van der Waals surface area contributed by atoms with E-state index in [1.807, 2.05) is 12.1 Å². The van der Waals surface area contributed by atoms with Gasteiger partial charge in [-0.2, -0.15) is 5.10 Å². The van der Waals surface area contributed by atoms with Gasteiger partial charge in [0, 0.05) is 10.6 Å². The molecule has 2 aromatic carbocycles. The predicted molar refractivity (Wildman–Crippen MR) is 129 cm³/mol. The summed E-state index contributed by atoms with van der Waals surface area (Å²) in [7, 11) is -3.68. The summed E-state index contributed by atoms with van der Waals surface area (Å²) in [6, 6.07) is 17.1. The number of thiophene rings is 1. The van der Waals surface area contributed by atoms with Crippen LogP contribution in [0.5, 0.6) is 0 Å². The summed E-state index contributed by atoms with van der Waals surface area (Å²) < 4.78 is 27.7. The van der Waals surface area contributed by atoms with Crippen molar-refractivity contribution in [2.45, 2.75) is 38.0 Å². The summed E-state index contributed by atoms with van der Waals surface area (Å²) in [6.07, 6.45) is 3.21. The van der Waals surface area contributed by atoms with Gasteiger partial charge in [-0.05, 0) is 73.6 Å². The number of hydrazone groups is 1. The Balaban J connectivity index is 1.45. The van der Waals surface area contributed by atoms with Crippen LogP contribution < -0.4 is 10.1 Å². The van der Waals surface area contributed by atoms with Gasteiger partial charge >= 0.3 is 0 Å². The number of nitrogens with one attached hydrogen (secondary N) is 2. The van der Waals surface area contributed by atoms with E-state index in [1.165, 1.54) is 22.6 Å². The molecule has 4 rings (SSSR count). The highest BCUT2D eigenvalue weighted by atomic mass is 32.2. The molecule has 32 heavy (non-hydrogen) atoms. The Morgan fingerprint density at radius 3 is 2.66 bits per heavy atom. The van der Waals surface area contributed by atoms with Crippen LogP contribution >= 0.6 is 11.3 Å². The van der Waals surface area contributed by atoms with Gasteiger partial charge in [0.05, 0.1) is 15.5 Å². The lowest BCUT2D eigenvalue weighted by molar-refractivity contribution is 0.0959. The number of nitrogens with zero attached hydrogens (tertiary/aromatic N) is 1. The summed E-state index contributed by atoms with van der Waals surface area (Å²) in [5.41, 5.74) is 5.61. The Labute approximate surface area is 192 Å². The van der Waals surface area contributed by atoms with Crippen molar-refractivity contribution < 1.29 is 13.2 Å². The van der Waals surface area contributed by atoms with Gasteiger partial charge in [0.15, 0.2) is 0 Å². The zero-order valence-electron chi connectivity index (χ0n) is 18.0. The smallest absolute Gasteiger partial charge is 0.280 e. The molecule has 1 aliphatic rings. The standard InChI is InChI=1S/C24H25N3O3S2/c1-16-11-12-19-15-23(31-22(19)13-16)24(28)26-25-17(2)18-7-6-8-20(14-18)27-32(29,30)21-9-4-3-5-10-21/h3-10,14-16,27H,11-13H2,1-2H3,(H,26,28). The number of carbonyl (C=O) groups is 1. The molecule has 1 atom stereocenters. The second-order valence-corrected chi connectivity index (χ2v) is 10.9. The molecule has 0 radical (unpaired) electrons. The SMILES string of the molecule is CC(=NNC(=O)c1cc2c(s1)CC(C)CC2)c1cccc(NS(=O)(=O)c2ccccc2)c1. The van der Waals surface area contributed by atoms with Crippen LogP contribution in [0.2, 0.25) is 0 Å². The zero-order chi connectivity index (χ0) is 22.7. The largest absolute Gasteiger partial charge is 0.281 e. The van der Waals surface area contributed by atoms with Crippen molar-refractivity contribution in [3.05, 3.63) is 81.5 Å². The molecule has 1 heterocycles. The lowest BCUT2D eigenvalue weighted by Crippen LogP contribution is -2.18. The van der Waals surface area contributed by atoms with Crippen molar-refractivity contribution in [2.75, 3.05) is 4.72 Å². The van der Waals surface area contributed by atoms with Gasteiger partial charge in [-0.25, -0.2) is 13.8 Å².